The van der Waals surface area contributed by atoms with Gasteiger partial charge in [-0.2, -0.15) is 0 Å². The monoisotopic (exact) mass is 248 g/mol. The number of aromatic amines is 2. The number of benzene rings is 1. The number of imidazole rings is 1. The lowest BCUT2D eigenvalue weighted by Crippen LogP contribution is -2.45. The molecule has 2 rings (SSSR count). The molecule has 96 valence electrons. The second kappa shape index (κ2) is 4.30. The molecule has 2 aromatic rings. The van der Waals surface area contributed by atoms with Gasteiger partial charge in [-0.05, 0) is 31.5 Å². The molecular weight excluding hydrogens is 232 g/mol. The fourth-order valence-electron chi connectivity index (χ4n) is 1.82. The molecule has 0 atom stereocenters. The molecule has 0 aliphatic heterocycles. The summed E-state index contributed by atoms with van der Waals surface area (Å²) in [6.07, 6.45) is 0. The van der Waals surface area contributed by atoms with Crippen molar-refractivity contribution in [1.29, 1.82) is 0 Å². The van der Waals surface area contributed by atoms with Crippen LogP contribution < -0.4 is 16.5 Å². The van der Waals surface area contributed by atoms with Crippen molar-refractivity contribution in [3.05, 3.63) is 34.2 Å². The molecule has 0 bridgehead atoms. The maximum absolute atomic E-state index is 12.0. The van der Waals surface area contributed by atoms with Gasteiger partial charge in [-0.25, -0.2) is 10.2 Å². The molecule has 1 heterocycles. The Labute approximate surface area is 104 Å². The SMILES string of the molecule is CNNC(=O)C(C)(C)c1ccc2[nH]c(=O)[nH]c2c1. The highest BCUT2D eigenvalue weighted by Crippen LogP contribution is 2.25. The number of aromatic nitrogens is 2. The van der Waals surface area contributed by atoms with E-state index in [1.807, 2.05) is 26.0 Å². The predicted molar refractivity (Wildman–Crippen MR) is 69.1 cm³/mol. The number of hydrazine groups is 1. The van der Waals surface area contributed by atoms with Crippen LogP contribution in [-0.2, 0) is 10.2 Å². The Morgan fingerprint density at radius 2 is 1.89 bits per heavy atom. The van der Waals surface area contributed by atoms with Crippen LogP contribution in [-0.4, -0.2) is 22.9 Å². The van der Waals surface area contributed by atoms with Gasteiger partial charge in [-0.3, -0.25) is 10.2 Å². The second-order valence-electron chi connectivity index (χ2n) is 4.67. The third-order valence-electron chi connectivity index (χ3n) is 3.04. The molecule has 6 heteroatoms. The zero-order valence-electron chi connectivity index (χ0n) is 10.5. The van der Waals surface area contributed by atoms with Gasteiger partial charge in [0, 0.05) is 7.05 Å². The summed E-state index contributed by atoms with van der Waals surface area (Å²) in [5.74, 6) is -0.137. The first-order chi connectivity index (χ1) is 8.45. The molecule has 0 aliphatic rings. The topological polar surface area (TPSA) is 89.8 Å². The Hall–Kier alpha value is -2.08. The van der Waals surface area contributed by atoms with E-state index in [1.54, 1.807) is 13.1 Å². The van der Waals surface area contributed by atoms with E-state index in [-0.39, 0.29) is 11.6 Å². The van der Waals surface area contributed by atoms with E-state index in [0.717, 1.165) is 11.1 Å². The Bertz CT molecular complexity index is 639. The fraction of sp³-hybridized carbons (Fsp3) is 0.333. The van der Waals surface area contributed by atoms with Crippen LogP contribution in [0.2, 0.25) is 0 Å². The highest BCUT2D eigenvalue weighted by atomic mass is 16.2. The van der Waals surface area contributed by atoms with Gasteiger partial charge < -0.3 is 9.97 Å². The number of nitrogens with one attached hydrogen (secondary N) is 4. The number of hydrogen-bond acceptors (Lipinski definition) is 3. The summed E-state index contributed by atoms with van der Waals surface area (Å²) in [7, 11) is 1.64. The minimum atomic E-state index is -0.689. The van der Waals surface area contributed by atoms with Gasteiger partial charge >= 0.3 is 5.69 Å². The van der Waals surface area contributed by atoms with Crippen LogP contribution in [0.25, 0.3) is 11.0 Å². The Balaban J connectivity index is 2.46. The number of carbonyl (C=O) groups excluding carboxylic acids is 1. The van der Waals surface area contributed by atoms with Crippen LogP contribution >= 0.6 is 0 Å². The lowest BCUT2D eigenvalue weighted by atomic mass is 9.84. The molecule has 0 saturated heterocycles. The lowest BCUT2D eigenvalue weighted by molar-refractivity contribution is -0.126. The van der Waals surface area contributed by atoms with Crippen LogP contribution in [0.3, 0.4) is 0 Å². The first-order valence-corrected chi connectivity index (χ1v) is 5.65. The largest absolute Gasteiger partial charge is 0.323 e. The van der Waals surface area contributed by atoms with E-state index in [1.165, 1.54) is 0 Å². The van der Waals surface area contributed by atoms with Crippen molar-refractivity contribution in [2.75, 3.05) is 7.05 Å². The number of H-pyrrole nitrogens is 2. The van der Waals surface area contributed by atoms with Crippen LogP contribution in [0, 0.1) is 0 Å². The van der Waals surface area contributed by atoms with Crippen molar-refractivity contribution in [2.24, 2.45) is 0 Å². The molecule has 1 amide bonds. The lowest BCUT2D eigenvalue weighted by Gasteiger charge is -2.23. The van der Waals surface area contributed by atoms with Crippen molar-refractivity contribution >= 4 is 16.9 Å². The molecule has 0 radical (unpaired) electrons. The minimum Gasteiger partial charge on any atom is -0.306 e. The number of amides is 1. The molecule has 1 aromatic heterocycles. The van der Waals surface area contributed by atoms with Gasteiger partial charge in [0.1, 0.15) is 0 Å². The molecule has 0 aliphatic carbocycles. The van der Waals surface area contributed by atoms with E-state index >= 15 is 0 Å². The first kappa shape index (κ1) is 12.4. The maximum Gasteiger partial charge on any atom is 0.323 e. The first-order valence-electron chi connectivity index (χ1n) is 5.65. The molecule has 1 aromatic carbocycles. The minimum absolute atomic E-state index is 0.137. The molecule has 0 saturated carbocycles. The Kier molecular flexibility index (Phi) is 2.96. The molecule has 4 N–H and O–H groups in total. The van der Waals surface area contributed by atoms with Crippen molar-refractivity contribution < 1.29 is 4.79 Å². The van der Waals surface area contributed by atoms with E-state index in [2.05, 4.69) is 20.8 Å². The highest BCUT2D eigenvalue weighted by Gasteiger charge is 2.29. The average Bonchev–Trinajstić information content (AvgIpc) is 2.68. The summed E-state index contributed by atoms with van der Waals surface area (Å²) in [4.78, 5) is 28.5. The summed E-state index contributed by atoms with van der Waals surface area (Å²) >= 11 is 0. The highest BCUT2D eigenvalue weighted by molar-refractivity contribution is 5.88. The van der Waals surface area contributed by atoms with E-state index in [0.29, 0.717) is 5.52 Å². The summed E-state index contributed by atoms with van der Waals surface area (Å²) in [5.41, 5.74) is 6.51. The average molecular weight is 248 g/mol. The molecule has 18 heavy (non-hydrogen) atoms. The quantitative estimate of drug-likeness (QED) is 0.592. The van der Waals surface area contributed by atoms with E-state index in [4.69, 9.17) is 0 Å². The summed E-state index contributed by atoms with van der Waals surface area (Å²) in [5, 5.41) is 0. The molecule has 6 nitrogen and oxygen atoms in total. The standard InChI is InChI=1S/C12H16N4O2/c1-12(2,10(17)16-13-3)7-4-5-8-9(6-7)15-11(18)14-8/h4-6,13H,1-3H3,(H,16,17)(H2,14,15,18). The predicted octanol–water partition coefficient (Wildman–Crippen LogP) is 0.384. The summed E-state index contributed by atoms with van der Waals surface area (Å²) in [6.45, 7) is 3.65. The van der Waals surface area contributed by atoms with Gasteiger partial charge in [-0.15, -0.1) is 0 Å². The van der Waals surface area contributed by atoms with E-state index in [9.17, 15) is 9.59 Å². The molecule has 0 spiro atoms. The van der Waals surface area contributed by atoms with Crippen molar-refractivity contribution in [2.45, 2.75) is 19.3 Å². The molecule has 0 unspecified atom stereocenters. The van der Waals surface area contributed by atoms with Gasteiger partial charge in [0.05, 0.1) is 16.4 Å². The number of carbonyl (C=O) groups is 1. The normalized spacial score (nSPS) is 11.7. The zero-order valence-corrected chi connectivity index (χ0v) is 10.5. The maximum atomic E-state index is 12.0. The number of hydrogen-bond donors (Lipinski definition) is 4. The van der Waals surface area contributed by atoms with Crippen molar-refractivity contribution in [1.82, 2.24) is 20.8 Å². The van der Waals surface area contributed by atoms with Gasteiger partial charge in [-0.1, -0.05) is 6.07 Å². The van der Waals surface area contributed by atoms with Crippen molar-refractivity contribution in [3.8, 4) is 0 Å². The number of rotatable bonds is 3. The summed E-state index contributed by atoms with van der Waals surface area (Å²) < 4.78 is 0. The van der Waals surface area contributed by atoms with Crippen molar-refractivity contribution in [3.63, 3.8) is 0 Å². The van der Waals surface area contributed by atoms with Gasteiger partial charge in [0.25, 0.3) is 0 Å². The number of fused-ring (bicyclic) bond motifs is 1. The second-order valence-corrected chi connectivity index (χ2v) is 4.67. The zero-order chi connectivity index (χ0) is 13.3. The van der Waals surface area contributed by atoms with Crippen LogP contribution in [0.5, 0.6) is 0 Å². The Morgan fingerprint density at radius 3 is 2.56 bits per heavy atom. The van der Waals surface area contributed by atoms with E-state index < -0.39 is 5.41 Å². The van der Waals surface area contributed by atoms with Crippen LogP contribution in [0.4, 0.5) is 0 Å². The van der Waals surface area contributed by atoms with Gasteiger partial charge in [0.15, 0.2) is 0 Å². The van der Waals surface area contributed by atoms with Crippen LogP contribution in [0.15, 0.2) is 23.0 Å². The van der Waals surface area contributed by atoms with Crippen LogP contribution in [0.1, 0.15) is 19.4 Å². The van der Waals surface area contributed by atoms with Gasteiger partial charge in [0.2, 0.25) is 5.91 Å². The summed E-state index contributed by atoms with van der Waals surface area (Å²) in [6, 6.07) is 5.43. The smallest absolute Gasteiger partial charge is 0.306 e. The molecular formula is C12H16N4O2. The third-order valence-corrected chi connectivity index (χ3v) is 3.04. The molecule has 0 fully saturated rings. The fourth-order valence-corrected chi connectivity index (χ4v) is 1.82. The third kappa shape index (κ3) is 2.02. The Morgan fingerprint density at radius 1 is 1.22 bits per heavy atom.